The molecule has 1 aromatic carbocycles. The minimum atomic E-state index is -0.885. The molecule has 1 unspecified atom stereocenters. The minimum absolute atomic E-state index is 0.201. The summed E-state index contributed by atoms with van der Waals surface area (Å²) in [5.74, 6) is -0.574. The van der Waals surface area contributed by atoms with Crippen molar-refractivity contribution in [1.29, 1.82) is 0 Å². The van der Waals surface area contributed by atoms with Crippen LogP contribution in [0, 0.1) is 0 Å². The Morgan fingerprint density at radius 3 is 2.66 bits per heavy atom. The Hall–Kier alpha value is -2.62. The molecule has 3 rings (SSSR count). The van der Waals surface area contributed by atoms with Crippen molar-refractivity contribution in [2.45, 2.75) is 31.6 Å². The number of carbonyl (C=O) groups is 1. The number of benzene rings is 1. The zero-order chi connectivity index (χ0) is 23.1. The lowest BCUT2D eigenvalue weighted by molar-refractivity contribution is -0.184. The number of nitrogens with one attached hydrogen (secondary N) is 1. The van der Waals surface area contributed by atoms with Crippen molar-refractivity contribution < 1.29 is 19.0 Å². The van der Waals surface area contributed by atoms with Crippen LogP contribution in [0.4, 0.5) is 5.69 Å². The van der Waals surface area contributed by atoms with Gasteiger partial charge in [-0.3, -0.25) is 19.8 Å². The molecule has 0 aliphatic carbocycles. The number of nitrogens with zero attached hydrogens (tertiary/aromatic N) is 3. The molecular formula is C23H27BrN4O4. The maximum Gasteiger partial charge on any atom is 0.305 e. The highest BCUT2D eigenvalue weighted by Gasteiger charge is 2.28. The number of hydrogen-bond donors (Lipinski definition) is 1. The number of aromatic nitrogens is 1. The van der Waals surface area contributed by atoms with E-state index in [9.17, 15) is 4.79 Å². The molecule has 8 nitrogen and oxygen atoms in total. The van der Waals surface area contributed by atoms with Crippen molar-refractivity contribution in [3.8, 4) is 0 Å². The third-order valence-electron chi connectivity index (χ3n) is 5.26. The van der Waals surface area contributed by atoms with E-state index in [-0.39, 0.29) is 18.9 Å². The number of hydrogen-bond acceptors (Lipinski definition) is 7. The monoisotopic (exact) mass is 502 g/mol. The fourth-order valence-corrected chi connectivity index (χ4v) is 3.54. The maximum absolute atomic E-state index is 11.9. The molecule has 32 heavy (non-hydrogen) atoms. The molecule has 2 aromatic rings. The van der Waals surface area contributed by atoms with Gasteiger partial charge in [-0.05, 0) is 43.7 Å². The van der Waals surface area contributed by atoms with Gasteiger partial charge in [-0.15, -0.1) is 0 Å². The smallest absolute Gasteiger partial charge is 0.305 e. The second-order valence-electron chi connectivity index (χ2n) is 7.38. The van der Waals surface area contributed by atoms with Crippen LogP contribution < -0.4 is 5.32 Å². The van der Waals surface area contributed by atoms with Gasteiger partial charge in [-0.25, -0.2) is 0 Å². The van der Waals surface area contributed by atoms with E-state index in [0.29, 0.717) is 12.3 Å². The number of methoxy groups -OCH3 is 3. The molecule has 2 heterocycles. The van der Waals surface area contributed by atoms with E-state index in [1.54, 1.807) is 20.4 Å². The quantitative estimate of drug-likeness (QED) is 0.435. The first-order valence-electron chi connectivity index (χ1n) is 10.2. The van der Waals surface area contributed by atoms with E-state index in [4.69, 9.17) is 24.2 Å². The van der Waals surface area contributed by atoms with Crippen molar-refractivity contribution in [2.75, 3.05) is 33.2 Å². The number of anilines is 1. The molecule has 9 heteroatoms. The van der Waals surface area contributed by atoms with E-state index < -0.39 is 11.8 Å². The van der Waals surface area contributed by atoms with Crippen LogP contribution in [-0.2, 0) is 19.0 Å². The predicted molar refractivity (Wildman–Crippen MR) is 127 cm³/mol. The van der Waals surface area contributed by atoms with Gasteiger partial charge in [0.15, 0.2) is 5.79 Å². The predicted octanol–water partition coefficient (Wildman–Crippen LogP) is 3.84. The van der Waals surface area contributed by atoms with Crippen molar-refractivity contribution in [2.24, 2.45) is 9.98 Å². The van der Waals surface area contributed by atoms with Crippen molar-refractivity contribution in [3.05, 3.63) is 58.3 Å². The highest BCUT2D eigenvalue weighted by atomic mass is 79.9. The maximum atomic E-state index is 11.9. The highest BCUT2D eigenvalue weighted by molar-refractivity contribution is 9.10. The van der Waals surface area contributed by atoms with Gasteiger partial charge in [0.25, 0.3) is 0 Å². The number of benzodiazepines with no additional fused rings is 1. The van der Waals surface area contributed by atoms with Gasteiger partial charge in [0.1, 0.15) is 11.9 Å². The molecule has 0 saturated heterocycles. The second kappa shape index (κ2) is 10.8. The normalized spacial score (nSPS) is 17.2. The van der Waals surface area contributed by atoms with Gasteiger partial charge in [0, 0.05) is 42.6 Å². The molecular weight excluding hydrogens is 476 g/mol. The molecule has 0 amide bonds. The number of rotatable bonds is 8. The first-order chi connectivity index (χ1) is 15.4. The molecule has 0 spiro atoms. The SMILES string of the molecule is COC(=O)CCC1N=C(c2ccccn2)c2cc(Br)ccc2NC1=NCC(C)(OC)OC. The lowest BCUT2D eigenvalue weighted by Gasteiger charge is -2.25. The molecule has 170 valence electrons. The first-order valence-corrected chi connectivity index (χ1v) is 11.0. The minimum Gasteiger partial charge on any atom is -0.469 e. The van der Waals surface area contributed by atoms with Crippen LogP contribution in [-0.4, -0.2) is 62.2 Å². The van der Waals surface area contributed by atoms with Gasteiger partial charge >= 0.3 is 5.97 Å². The Morgan fingerprint density at radius 1 is 1.22 bits per heavy atom. The summed E-state index contributed by atoms with van der Waals surface area (Å²) in [6.07, 6.45) is 2.35. The standard InChI is InChI=1S/C23H27BrN4O4/c1-23(31-3,32-4)14-26-22-19(10-11-20(29)30-2)27-21(18-7-5-6-12-25-18)16-13-15(24)8-9-17(16)28-22/h5-9,12-13,19H,10-11,14H2,1-4H3,(H,26,28). The van der Waals surface area contributed by atoms with E-state index in [0.717, 1.165) is 27.1 Å². The topological polar surface area (TPSA) is 94.4 Å². The summed E-state index contributed by atoms with van der Waals surface area (Å²) in [4.78, 5) is 26.2. The summed E-state index contributed by atoms with van der Waals surface area (Å²) in [5, 5.41) is 3.42. The lowest BCUT2D eigenvalue weighted by Crippen LogP contribution is -2.35. The van der Waals surface area contributed by atoms with Crippen LogP contribution in [0.25, 0.3) is 0 Å². The highest BCUT2D eigenvalue weighted by Crippen LogP contribution is 2.28. The Kier molecular flexibility index (Phi) is 8.11. The number of pyridine rings is 1. The van der Waals surface area contributed by atoms with E-state index >= 15 is 0 Å². The summed E-state index contributed by atoms with van der Waals surface area (Å²) < 4.78 is 16.7. The molecule has 1 aliphatic heterocycles. The summed E-state index contributed by atoms with van der Waals surface area (Å²) in [7, 11) is 4.52. The molecule has 1 aromatic heterocycles. The molecule has 0 radical (unpaired) electrons. The summed E-state index contributed by atoms with van der Waals surface area (Å²) in [6.45, 7) is 2.06. The first kappa shape index (κ1) is 24.0. The third-order valence-corrected chi connectivity index (χ3v) is 5.75. The Balaban J connectivity index is 2.11. The van der Waals surface area contributed by atoms with Gasteiger partial charge < -0.3 is 19.5 Å². The van der Waals surface area contributed by atoms with Crippen molar-refractivity contribution in [1.82, 2.24) is 4.98 Å². The molecule has 0 bridgehead atoms. The van der Waals surface area contributed by atoms with E-state index in [1.807, 2.05) is 43.3 Å². The summed E-state index contributed by atoms with van der Waals surface area (Å²) in [5.41, 5.74) is 3.17. The van der Waals surface area contributed by atoms with Gasteiger partial charge in [0.05, 0.1) is 25.1 Å². The molecule has 1 atom stereocenters. The zero-order valence-corrected chi connectivity index (χ0v) is 20.2. The molecule has 0 saturated carbocycles. The van der Waals surface area contributed by atoms with Crippen LogP contribution in [0.1, 0.15) is 31.0 Å². The number of halogens is 1. The lowest BCUT2D eigenvalue weighted by atomic mass is 10.0. The number of esters is 1. The number of carbonyl (C=O) groups excluding carboxylic acids is 1. The fourth-order valence-electron chi connectivity index (χ4n) is 3.18. The summed E-state index contributed by atoms with van der Waals surface area (Å²) in [6, 6.07) is 11.2. The third kappa shape index (κ3) is 5.79. The molecule has 1 N–H and O–H groups in total. The largest absolute Gasteiger partial charge is 0.469 e. The molecule has 1 aliphatic rings. The summed E-state index contributed by atoms with van der Waals surface area (Å²) >= 11 is 3.55. The van der Waals surface area contributed by atoms with Crippen LogP contribution in [0.15, 0.2) is 57.1 Å². The number of ether oxygens (including phenoxy) is 3. The van der Waals surface area contributed by atoms with Gasteiger partial charge in [-0.1, -0.05) is 22.0 Å². The van der Waals surface area contributed by atoms with E-state index in [1.165, 1.54) is 7.11 Å². The number of fused-ring (bicyclic) bond motifs is 1. The number of aliphatic imine (C=N–C) groups is 2. The van der Waals surface area contributed by atoms with Crippen molar-refractivity contribution in [3.63, 3.8) is 0 Å². The Morgan fingerprint density at radius 2 is 2.00 bits per heavy atom. The second-order valence-corrected chi connectivity index (χ2v) is 8.30. The van der Waals surface area contributed by atoms with Crippen molar-refractivity contribution >= 4 is 39.1 Å². The van der Waals surface area contributed by atoms with Crippen LogP contribution in [0.2, 0.25) is 0 Å². The van der Waals surface area contributed by atoms with Crippen LogP contribution >= 0.6 is 15.9 Å². The van der Waals surface area contributed by atoms with E-state index in [2.05, 4.69) is 26.2 Å². The van der Waals surface area contributed by atoms with Crippen LogP contribution in [0.3, 0.4) is 0 Å². The number of amidine groups is 1. The Labute approximate surface area is 196 Å². The van der Waals surface area contributed by atoms with Gasteiger partial charge in [0.2, 0.25) is 0 Å². The van der Waals surface area contributed by atoms with Gasteiger partial charge in [-0.2, -0.15) is 0 Å². The average Bonchev–Trinajstić information content (AvgIpc) is 2.98. The molecule has 0 fully saturated rings. The van der Waals surface area contributed by atoms with Crippen LogP contribution in [0.5, 0.6) is 0 Å². The average molecular weight is 503 g/mol. The zero-order valence-electron chi connectivity index (χ0n) is 18.6. The Bertz CT molecular complexity index is 1010. The fraction of sp³-hybridized carbons (Fsp3) is 0.391.